The molecule has 4 bridgehead atoms. The van der Waals surface area contributed by atoms with Crippen molar-refractivity contribution in [1.82, 2.24) is 9.78 Å². The van der Waals surface area contributed by atoms with Crippen LogP contribution in [0.25, 0.3) is 0 Å². The molecule has 4 aliphatic carbocycles. The average Bonchev–Trinajstić information content (AvgIpc) is 2.69. The molecular weight excluding hydrogens is 258 g/mol. The molecule has 0 saturated heterocycles. The van der Waals surface area contributed by atoms with Gasteiger partial charge < -0.3 is 5.32 Å². The lowest BCUT2D eigenvalue weighted by atomic mass is 9.54. The quantitative estimate of drug-likeness (QED) is 0.897. The maximum absolute atomic E-state index is 4.75. The molecule has 0 aliphatic heterocycles. The monoisotopic (exact) mass is 287 g/mol. The highest BCUT2D eigenvalue weighted by molar-refractivity contribution is 5.53. The molecule has 0 unspecified atom stereocenters. The molecule has 21 heavy (non-hydrogen) atoms. The lowest BCUT2D eigenvalue weighted by molar-refractivity contribution is 0.00750. The Balaban J connectivity index is 1.59. The Kier molecular flexibility index (Phi) is 3.09. The van der Waals surface area contributed by atoms with Crippen molar-refractivity contribution in [3.8, 4) is 0 Å². The minimum absolute atomic E-state index is 0.442. The van der Waals surface area contributed by atoms with Crippen molar-refractivity contribution in [2.75, 3.05) is 5.32 Å². The molecule has 1 aromatic heterocycles. The first-order chi connectivity index (χ1) is 10.0. The van der Waals surface area contributed by atoms with Gasteiger partial charge in [0.15, 0.2) is 0 Å². The van der Waals surface area contributed by atoms with Gasteiger partial charge in [-0.15, -0.1) is 0 Å². The second kappa shape index (κ2) is 4.76. The SMILES string of the molecule is Cc1nn(C(C)C)c(C)c1NC1C2CC3CC(C2)CC1C3. The first-order valence-electron chi connectivity index (χ1n) is 8.85. The van der Waals surface area contributed by atoms with E-state index in [0.29, 0.717) is 12.1 Å². The molecule has 1 aromatic rings. The molecule has 0 spiro atoms. The van der Waals surface area contributed by atoms with E-state index in [9.17, 15) is 0 Å². The van der Waals surface area contributed by atoms with Crippen LogP contribution in [-0.2, 0) is 0 Å². The molecule has 5 rings (SSSR count). The summed E-state index contributed by atoms with van der Waals surface area (Å²) in [5.41, 5.74) is 3.81. The van der Waals surface area contributed by atoms with Gasteiger partial charge in [0.05, 0.1) is 17.1 Å². The Morgan fingerprint density at radius 3 is 2.05 bits per heavy atom. The van der Waals surface area contributed by atoms with Crippen molar-refractivity contribution in [2.45, 2.75) is 71.9 Å². The minimum atomic E-state index is 0.442. The van der Waals surface area contributed by atoms with Gasteiger partial charge in [-0.25, -0.2) is 0 Å². The number of nitrogens with zero attached hydrogens (tertiary/aromatic N) is 2. The lowest BCUT2D eigenvalue weighted by Crippen LogP contribution is -2.51. The van der Waals surface area contributed by atoms with Gasteiger partial charge in [0.2, 0.25) is 0 Å². The van der Waals surface area contributed by atoms with Gasteiger partial charge in [-0.3, -0.25) is 4.68 Å². The van der Waals surface area contributed by atoms with Crippen LogP contribution in [0.5, 0.6) is 0 Å². The van der Waals surface area contributed by atoms with Crippen LogP contribution in [0.4, 0.5) is 5.69 Å². The van der Waals surface area contributed by atoms with E-state index in [1.807, 2.05) is 0 Å². The van der Waals surface area contributed by atoms with Gasteiger partial charge in [0, 0.05) is 12.1 Å². The summed E-state index contributed by atoms with van der Waals surface area (Å²) in [7, 11) is 0. The fourth-order valence-corrected chi connectivity index (χ4v) is 5.70. The molecule has 4 fully saturated rings. The van der Waals surface area contributed by atoms with E-state index in [4.69, 9.17) is 5.10 Å². The fraction of sp³-hybridized carbons (Fsp3) is 0.833. The van der Waals surface area contributed by atoms with E-state index in [1.165, 1.54) is 49.2 Å². The number of anilines is 1. The summed E-state index contributed by atoms with van der Waals surface area (Å²) in [5, 5.41) is 8.70. The molecule has 1 N–H and O–H groups in total. The van der Waals surface area contributed by atoms with Crippen LogP contribution in [-0.4, -0.2) is 15.8 Å². The maximum Gasteiger partial charge on any atom is 0.0828 e. The second-order valence-corrected chi connectivity index (χ2v) is 8.18. The van der Waals surface area contributed by atoms with E-state index in [0.717, 1.165) is 23.7 Å². The van der Waals surface area contributed by atoms with E-state index >= 15 is 0 Å². The average molecular weight is 287 g/mol. The van der Waals surface area contributed by atoms with Crippen LogP contribution in [0.15, 0.2) is 0 Å². The Morgan fingerprint density at radius 2 is 1.57 bits per heavy atom. The predicted octanol–water partition coefficient (Wildman–Crippen LogP) is 4.32. The summed E-state index contributed by atoms with van der Waals surface area (Å²) in [6.45, 7) is 8.81. The largest absolute Gasteiger partial charge is 0.379 e. The van der Waals surface area contributed by atoms with Crippen LogP contribution in [0.1, 0.15) is 63.4 Å². The van der Waals surface area contributed by atoms with Crippen LogP contribution < -0.4 is 5.32 Å². The molecule has 4 aliphatic rings. The molecule has 3 heteroatoms. The Hall–Kier alpha value is -0.990. The molecule has 0 amide bonds. The zero-order valence-corrected chi connectivity index (χ0v) is 13.9. The summed E-state index contributed by atoms with van der Waals surface area (Å²) in [4.78, 5) is 0. The maximum atomic E-state index is 4.75. The third-order valence-corrected chi connectivity index (χ3v) is 6.35. The fourth-order valence-electron chi connectivity index (χ4n) is 5.70. The number of nitrogens with one attached hydrogen (secondary N) is 1. The number of hydrogen-bond acceptors (Lipinski definition) is 2. The summed E-state index contributed by atoms with van der Waals surface area (Å²) in [6.07, 6.45) is 7.42. The minimum Gasteiger partial charge on any atom is -0.379 e. The second-order valence-electron chi connectivity index (χ2n) is 8.18. The standard InChI is InChI=1S/C18H29N3/c1-10(2)21-12(4)17(11(3)20-21)19-18-15-6-13-5-14(8-15)9-16(18)7-13/h10,13-16,18-19H,5-9H2,1-4H3. The number of aromatic nitrogens is 2. The number of aryl methyl sites for hydroxylation is 1. The predicted molar refractivity (Wildman–Crippen MR) is 86.5 cm³/mol. The van der Waals surface area contributed by atoms with Gasteiger partial charge in [-0.2, -0.15) is 5.10 Å². The molecule has 4 saturated carbocycles. The van der Waals surface area contributed by atoms with Crippen LogP contribution in [0.2, 0.25) is 0 Å². The normalized spacial score (nSPS) is 37.5. The first-order valence-corrected chi connectivity index (χ1v) is 8.85. The Bertz CT molecular complexity index is 515. The Labute approximate surface area is 128 Å². The van der Waals surface area contributed by atoms with E-state index in [-0.39, 0.29) is 0 Å². The summed E-state index contributed by atoms with van der Waals surface area (Å²) in [6, 6.07) is 1.15. The molecular formula is C18H29N3. The third kappa shape index (κ3) is 2.11. The number of hydrogen-bond donors (Lipinski definition) is 1. The van der Waals surface area contributed by atoms with Crippen molar-refractivity contribution in [3.05, 3.63) is 11.4 Å². The van der Waals surface area contributed by atoms with Gasteiger partial charge in [0.25, 0.3) is 0 Å². The topological polar surface area (TPSA) is 29.9 Å². The van der Waals surface area contributed by atoms with E-state index in [2.05, 4.69) is 37.7 Å². The molecule has 0 atom stereocenters. The van der Waals surface area contributed by atoms with Crippen molar-refractivity contribution in [2.24, 2.45) is 23.7 Å². The van der Waals surface area contributed by atoms with E-state index < -0.39 is 0 Å². The van der Waals surface area contributed by atoms with Gasteiger partial charge in [-0.1, -0.05) is 0 Å². The van der Waals surface area contributed by atoms with E-state index in [1.54, 1.807) is 0 Å². The summed E-state index contributed by atoms with van der Waals surface area (Å²) >= 11 is 0. The van der Waals surface area contributed by atoms with Crippen LogP contribution in [0.3, 0.4) is 0 Å². The summed E-state index contributed by atoms with van der Waals surface area (Å²) < 4.78 is 2.17. The number of rotatable bonds is 3. The van der Waals surface area contributed by atoms with Gasteiger partial charge >= 0.3 is 0 Å². The molecule has 0 radical (unpaired) electrons. The zero-order chi connectivity index (χ0) is 14.7. The molecule has 116 valence electrons. The van der Waals surface area contributed by atoms with Gasteiger partial charge in [-0.05, 0) is 83.5 Å². The smallest absolute Gasteiger partial charge is 0.0828 e. The van der Waals surface area contributed by atoms with Crippen LogP contribution >= 0.6 is 0 Å². The van der Waals surface area contributed by atoms with Crippen molar-refractivity contribution in [3.63, 3.8) is 0 Å². The molecule has 3 nitrogen and oxygen atoms in total. The molecule has 0 aromatic carbocycles. The highest BCUT2D eigenvalue weighted by Crippen LogP contribution is 2.54. The molecule has 1 heterocycles. The van der Waals surface area contributed by atoms with Gasteiger partial charge in [0.1, 0.15) is 0 Å². The zero-order valence-electron chi connectivity index (χ0n) is 13.9. The summed E-state index contributed by atoms with van der Waals surface area (Å²) in [5.74, 6) is 3.93. The first kappa shape index (κ1) is 13.7. The lowest BCUT2D eigenvalue weighted by Gasteiger charge is -2.54. The third-order valence-electron chi connectivity index (χ3n) is 6.35. The Morgan fingerprint density at radius 1 is 1.00 bits per heavy atom. The highest BCUT2D eigenvalue weighted by atomic mass is 15.3. The van der Waals surface area contributed by atoms with Crippen LogP contribution in [0, 0.1) is 37.5 Å². The van der Waals surface area contributed by atoms with Crippen molar-refractivity contribution < 1.29 is 0 Å². The van der Waals surface area contributed by atoms with Crippen molar-refractivity contribution >= 4 is 5.69 Å². The van der Waals surface area contributed by atoms with Crippen molar-refractivity contribution in [1.29, 1.82) is 0 Å². The highest BCUT2D eigenvalue weighted by Gasteiger charge is 2.48.